The van der Waals surface area contributed by atoms with Gasteiger partial charge in [0.1, 0.15) is 11.6 Å². The van der Waals surface area contributed by atoms with Crippen LogP contribution in [0.2, 0.25) is 0 Å². The van der Waals surface area contributed by atoms with Gasteiger partial charge in [-0.25, -0.2) is 13.6 Å². The van der Waals surface area contributed by atoms with Crippen molar-refractivity contribution in [2.24, 2.45) is 17.8 Å². The molecule has 5 nitrogen and oxygen atoms in total. The van der Waals surface area contributed by atoms with E-state index in [-0.39, 0.29) is 34.6 Å². The van der Waals surface area contributed by atoms with Crippen LogP contribution in [0.3, 0.4) is 0 Å². The highest BCUT2D eigenvalue weighted by Gasteiger charge is 2.44. The fourth-order valence-corrected chi connectivity index (χ4v) is 5.89. The minimum absolute atomic E-state index is 0.00272. The van der Waals surface area contributed by atoms with Gasteiger partial charge in [0.15, 0.2) is 0 Å². The molecule has 1 amide bonds. The van der Waals surface area contributed by atoms with Crippen LogP contribution in [0.4, 0.5) is 20.2 Å². The number of rotatable bonds is 8. The van der Waals surface area contributed by atoms with Gasteiger partial charge >= 0.3 is 5.97 Å². The van der Waals surface area contributed by atoms with E-state index in [2.05, 4.69) is 0 Å². The van der Waals surface area contributed by atoms with Gasteiger partial charge in [0.25, 0.3) is 0 Å². The van der Waals surface area contributed by atoms with Crippen LogP contribution in [0, 0.1) is 29.4 Å². The van der Waals surface area contributed by atoms with Gasteiger partial charge in [-0.15, -0.1) is 0 Å². The van der Waals surface area contributed by atoms with E-state index in [1.165, 1.54) is 29.2 Å². The van der Waals surface area contributed by atoms with Crippen molar-refractivity contribution in [1.29, 1.82) is 0 Å². The van der Waals surface area contributed by atoms with Crippen molar-refractivity contribution in [2.75, 3.05) is 23.9 Å². The fourth-order valence-electron chi connectivity index (χ4n) is 5.89. The van der Waals surface area contributed by atoms with Gasteiger partial charge < -0.3 is 14.9 Å². The lowest BCUT2D eigenvalue weighted by atomic mass is 9.87. The summed E-state index contributed by atoms with van der Waals surface area (Å²) in [6.45, 7) is -1.46. The topological polar surface area (TPSA) is 60.9 Å². The molecule has 7 heteroatoms. The summed E-state index contributed by atoms with van der Waals surface area (Å²) < 4.78 is 39.4. The first kappa shape index (κ1) is 25.3. The molecule has 202 valence electrons. The lowest BCUT2D eigenvalue weighted by Crippen LogP contribution is -2.38. The normalized spacial score (nSPS) is 21.1. The number of amides is 1. The smallest absolute Gasteiger partial charge is 0.328 e. The molecule has 1 N–H and O–H groups in total. The Hall–Kier alpha value is -4.00. The maximum atomic E-state index is 15.6. The van der Waals surface area contributed by atoms with Gasteiger partial charge in [0.05, 0.1) is 7.89 Å². The summed E-state index contributed by atoms with van der Waals surface area (Å²) in [5.41, 5.74) is 2.78. The Morgan fingerprint density at radius 1 is 0.974 bits per heavy atom. The SMILES string of the molecule is [2H][C@@H](c1ccc(-c2ccc(N(C)C)cc2)cc1F)N(C(=O)[C@H]1C[C@H]2CC[C@@H]1C2)c1cc(F)cc(/C=C/C(=O)O)c1. The number of carboxylic acid groups (broad SMARTS) is 1. The van der Waals surface area contributed by atoms with Crippen molar-refractivity contribution in [3.63, 3.8) is 0 Å². The number of carboxylic acids is 1. The lowest BCUT2D eigenvalue weighted by molar-refractivity contribution is -0.131. The predicted octanol–water partition coefficient (Wildman–Crippen LogP) is 6.77. The van der Waals surface area contributed by atoms with Gasteiger partial charge in [0.2, 0.25) is 5.91 Å². The number of carbonyl (C=O) groups excluding carboxylic acids is 1. The molecule has 0 spiro atoms. The number of hydrogen-bond donors (Lipinski definition) is 1. The van der Waals surface area contributed by atoms with Crippen LogP contribution >= 0.6 is 0 Å². The Kier molecular flexibility index (Phi) is 7.14. The zero-order valence-electron chi connectivity index (χ0n) is 23.0. The van der Waals surface area contributed by atoms with E-state index >= 15 is 4.39 Å². The summed E-state index contributed by atoms with van der Waals surface area (Å²) in [6.07, 6.45) is 5.78. The zero-order chi connectivity index (χ0) is 28.6. The number of carbonyl (C=O) groups is 2. The first-order valence-electron chi connectivity index (χ1n) is 13.7. The maximum Gasteiger partial charge on any atom is 0.328 e. The van der Waals surface area contributed by atoms with Crippen LogP contribution in [0.1, 0.15) is 38.2 Å². The van der Waals surface area contributed by atoms with Crippen LogP contribution in [0.15, 0.2) is 66.7 Å². The summed E-state index contributed by atoms with van der Waals surface area (Å²) in [6, 6.07) is 16.0. The number of halogens is 2. The summed E-state index contributed by atoms with van der Waals surface area (Å²) in [5.74, 6) is -2.50. The fraction of sp³-hybridized carbons (Fsp3) is 0.312. The molecule has 39 heavy (non-hydrogen) atoms. The van der Waals surface area contributed by atoms with Gasteiger partial charge in [-0.3, -0.25) is 4.79 Å². The first-order chi connectivity index (χ1) is 19.1. The Balaban J connectivity index is 1.51. The number of hydrogen-bond acceptors (Lipinski definition) is 3. The quantitative estimate of drug-likeness (QED) is 0.326. The molecule has 5 rings (SSSR count). The van der Waals surface area contributed by atoms with Gasteiger partial charge in [-0.2, -0.15) is 0 Å². The number of fused-ring (bicyclic) bond motifs is 2. The van der Waals surface area contributed by atoms with Gasteiger partial charge in [-0.05, 0) is 90.3 Å². The molecule has 0 heterocycles. The second kappa shape index (κ2) is 11.0. The Morgan fingerprint density at radius 3 is 2.33 bits per heavy atom. The van der Waals surface area contributed by atoms with Crippen LogP contribution < -0.4 is 9.80 Å². The Labute approximate surface area is 228 Å². The number of nitrogens with zero attached hydrogens (tertiary/aromatic N) is 2. The third kappa shape index (κ3) is 5.87. The van der Waals surface area contributed by atoms with Gasteiger partial charge in [-0.1, -0.05) is 30.7 Å². The molecule has 0 aromatic heterocycles. The highest BCUT2D eigenvalue weighted by molar-refractivity contribution is 5.96. The van der Waals surface area contributed by atoms with Crippen LogP contribution in [0.5, 0.6) is 0 Å². The van der Waals surface area contributed by atoms with Crippen LogP contribution in [-0.2, 0) is 16.1 Å². The highest BCUT2D eigenvalue weighted by Crippen LogP contribution is 2.49. The molecule has 0 saturated heterocycles. The summed E-state index contributed by atoms with van der Waals surface area (Å²) in [5, 5.41) is 9.01. The third-order valence-corrected chi connectivity index (χ3v) is 7.88. The standard InChI is InChI=1S/C32H32F2N2O3/c1-35(2)27-10-8-22(9-11-27)23-6-7-25(30(34)17-23)19-36(32(39)29-16-20-3-5-24(29)13-20)28-15-21(4-12-31(37)38)14-26(33)18-28/h4,6-12,14-15,17-18,20,24,29H,3,5,13,16,19H2,1-2H3,(H,37,38)/b12-4+/t20-,24+,29-/m0/s1/i19D/t19-,20-,24+,29-. The molecular formula is C32H32F2N2O3. The molecule has 2 fully saturated rings. The molecule has 2 aliphatic carbocycles. The minimum atomic E-state index is -1.46. The average molecular weight is 532 g/mol. The van der Waals surface area contributed by atoms with E-state index in [1.54, 1.807) is 6.07 Å². The van der Waals surface area contributed by atoms with E-state index in [0.717, 1.165) is 48.7 Å². The third-order valence-electron chi connectivity index (χ3n) is 7.88. The monoisotopic (exact) mass is 531 g/mol. The zero-order valence-corrected chi connectivity index (χ0v) is 22.0. The lowest BCUT2D eigenvalue weighted by Gasteiger charge is -2.30. The van der Waals surface area contributed by atoms with Crippen molar-refractivity contribution < 1.29 is 24.8 Å². The van der Waals surface area contributed by atoms with Crippen LogP contribution in [0.25, 0.3) is 17.2 Å². The summed E-state index contributed by atoms with van der Waals surface area (Å²) in [4.78, 5) is 28.1. The molecular weight excluding hydrogens is 498 g/mol. The van der Waals surface area contributed by atoms with Crippen LogP contribution in [-0.4, -0.2) is 31.1 Å². The van der Waals surface area contributed by atoms with E-state index in [1.807, 2.05) is 43.3 Å². The molecule has 4 atom stereocenters. The van der Waals surface area contributed by atoms with Crippen molar-refractivity contribution in [3.8, 4) is 11.1 Å². The molecule has 2 saturated carbocycles. The van der Waals surface area contributed by atoms with Crippen molar-refractivity contribution in [2.45, 2.75) is 32.2 Å². The van der Waals surface area contributed by atoms with E-state index in [9.17, 15) is 14.0 Å². The molecule has 2 bridgehead atoms. The molecule has 0 radical (unpaired) electrons. The largest absolute Gasteiger partial charge is 0.478 e. The van der Waals surface area contributed by atoms with Gasteiger partial charge in [0, 0.05) is 43.0 Å². The van der Waals surface area contributed by atoms with E-state index in [4.69, 9.17) is 6.48 Å². The maximum absolute atomic E-state index is 15.6. The minimum Gasteiger partial charge on any atom is -0.478 e. The van der Waals surface area contributed by atoms with Crippen molar-refractivity contribution in [1.82, 2.24) is 0 Å². The number of benzene rings is 3. The average Bonchev–Trinajstić information content (AvgIpc) is 3.56. The molecule has 2 aliphatic rings. The number of anilines is 2. The van der Waals surface area contributed by atoms with Crippen molar-refractivity contribution in [3.05, 3.63) is 89.5 Å². The van der Waals surface area contributed by atoms with E-state index in [0.29, 0.717) is 17.9 Å². The molecule has 0 aliphatic heterocycles. The molecule has 3 aromatic carbocycles. The Bertz CT molecular complexity index is 1460. The summed E-state index contributed by atoms with van der Waals surface area (Å²) in [7, 11) is 3.87. The highest BCUT2D eigenvalue weighted by atomic mass is 19.1. The molecule has 3 aromatic rings. The van der Waals surface area contributed by atoms with E-state index < -0.39 is 24.1 Å². The van der Waals surface area contributed by atoms with Crippen molar-refractivity contribution >= 4 is 29.3 Å². The molecule has 0 unspecified atom stereocenters. The predicted molar refractivity (Wildman–Crippen MR) is 149 cm³/mol. The summed E-state index contributed by atoms with van der Waals surface area (Å²) >= 11 is 0. The second-order valence-electron chi connectivity index (χ2n) is 10.7. The number of aliphatic carboxylic acids is 1. The first-order valence-corrected chi connectivity index (χ1v) is 13.1. The second-order valence-corrected chi connectivity index (χ2v) is 10.7. The Morgan fingerprint density at radius 2 is 1.72 bits per heavy atom.